The molecule has 0 aromatic heterocycles. The van der Waals surface area contributed by atoms with E-state index in [9.17, 15) is 4.79 Å². The van der Waals surface area contributed by atoms with Crippen molar-refractivity contribution < 1.29 is 9.53 Å². The molecule has 0 aliphatic carbocycles. The van der Waals surface area contributed by atoms with Crippen LogP contribution in [0.2, 0.25) is 0 Å². The fraction of sp³-hybridized carbons (Fsp3) is 0.588. The van der Waals surface area contributed by atoms with E-state index < -0.39 is 0 Å². The minimum atomic E-state index is -0.0130. The Morgan fingerprint density at radius 2 is 2.10 bits per heavy atom. The minimum absolute atomic E-state index is 0.0130. The molecule has 0 spiro atoms. The molecule has 1 fully saturated rings. The molecule has 21 heavy (non-hydrogen) atoms. The molecule has 1 amide bonds. The van der Waals surface area contributed by atoms with Crippen LogP contribution in [0.25, 0.3) is 0 Å². The fourth-order valence-electron chi connectivity index (χ4n) is 2.69. The van der Waals surface area contributed by atoms with Gasteiger partial charge in [0.2, 0.25) is 5.91 Å². The Balaban J connectivity index is 1.99. The monoisotopic (exact) mass is 290 g/mol. The molecule has 3 atom stereocenters. The van der Waals surface area contributed by atoms with Crippen LogP contribution < -0.4 is 15.4 Å². The number of carbonyl (C=O) groups excluding carboxylic acids is 1. The van der Waals surface area contributed by atoms with Gasteiger partial charge in [-0.15, -0.1) is 0 Å². The first-order valence-electron chi connectivity index (χ1n) is 7.75. The molecule has 2 rings (SSSR count). The topological polar surface area (TPSA) is 50.4 Å². The maximum absolute atomic E-state index is 12.3. The molecule has 1 aliphatic heterocycles. The number of benzene rings is 1. The Labute approximate surface area is 127 Å². The lowest BCUT2D eigenvalue weighted by molar-refractivity contribution is -0.126. The Kier molecular flexibility index (Phi) is 5.23. The predicted octanol–water partition coefficient (Wildman–Crippen LogP) is 2.51. The summed E-state index contributed by atoms with van der Waals surface area (Å²) in [6, 6.07) is 7.92. The number of nitrogens with one attached hydrogen (secondary N) is 2. The summed E-state index contributed by atoms with van der Waals surface area (Å²) >= 11 is 0. The SMILES string of the molecule is CC(C)Oc1cccc(C(C)NC(=O)[C@@H]2CNC[C@H]2C)c1. The van der Waals surface area contributed by atoms with Gasteiger partial charge >= 0.3 is 0 Å². The number of hydrogen-bond acceptors (Lipinski definition) is 3. The molecule has 0 saturated carbocycles. The van der Waals surface area contributed by atoms with Gasteiger partial charge < -0.3 is 15.4 Å². The molecule has 1 aliphatic rings. The summed E-state index contributed by atoms with van der Waals surface area (Å²) in [4.78, 5) is 12.3. The first kappa shape index (κ1) is 15.8. The van der Waals surface area contributed by atoms with Gasteiger partial charge in [0, 0.05) is 6.54 Å². The van der Waals surface area contributed by atoms with Gasteiger partial charge in [0.1, 0.15) is 5.75 Å². The van der Waals surface area contributed by atoms with E-state index in [-0.39, 0.29) is 24.0 Å². The molecule has 4 heteroatoms. The second-order valence-electron chi connectivity index (χ2n) is 6.21. The largest absolute Gasteiger partial charge is 0.491 e. The fourth-order valence-corrected chi connectivity index (χ4v) is 2.69. The molecule has 1 aromatic rings. The summed E-state index contributed by atoms with van der Waals surface area (Å²) in [5.74, 6) is 1.45. The normalized spacial score (nSPS) is 23.1. The molecular formula is C17H26N2O2. The minimum Gasteiger partial charge on any atom is -0.491 e. The van der Waals surface area contributed by atoms with E-state index in [4.69, 9.17) is 4.74 Å². The van der Waals surface area contributed by atoms with Crippen LogP contribution in [0.5, 0.6) is 5.75 Å². The van der Waals surface area contributed by atoms with Crippen molar-refractivity contribution in [3.05, 3.63) is 29.8 Å². The molecule has 1 saturated heterocycles. The third-order valence-corrected chi connectivity index (χ3v) is 3.94. The molecule has 1 unspecified atom stereocenters. The van der Waals surface area contributed by atoms with Crippen molar-refractivity contribution in [2.75, 3.05) is 13.1 Å². The van der Waals surface area contributed by atoms with Gasteiger partial charge in [0.05, 0.1) is 18.1 Å². The zero-order valence-electron chi connectivity index (χ0n) is 13.3. The maximum Gasteiger partial charge on any atom is 0.225 e. The Morgan fingerprint density at radius 3 is 2.71 bits per heavy atom. The molecule has 116 valence electrons. The second-order valence-corrected chi connectivity index (χ2v) is 6.21. The predicted molar refractivity (Wildman–Crippen MR) is 84.3 cm³/mol. The van der Waals surface area contributed by atoms with Crippen molar-refractivity contribution in [3.8, 4) is 5.75 Å². The summed E-state index contributed by atoms with van der Waals surface area (Å²) in [5.41, 5.74) is 1.07. The highest BCUT2D eigenvalue weighted by molar-refractivity contribution is 5.80. The quantitative estimate of drug-likeness (QED) is 0.876. The summed E-state index contributed by atoms with van der Waals surface area (Å²) in [6.07, 6.45) is 0.149. The van der Waals surface area contributed by atoms with Crippen LogP contribution in [0.15, 0.2) is 24.3 Å². The van der Waals surface area contributed by atoms with Crippen molar-refractivity contribution in [1.29, 1.82) is 0 Å². The summed E-state index contributed by atoms with van der Waals surface area (Å²) in [6.45, 7) is 9.84. The Morgan fingerprint density at radius 1 is 1.33 bits per heavy atom. The first-order valence-corrected chi connectivity index (χ1v) is 7.75. The van der Waals surface area contributed by atoms with Crippen molar-refractivity contribution in [2.24, 2.45) is 11.8 Å². The van der Waals surface area contributed by atoms with Crippen LogP contribution >= 0.6 is 0 Å². The highest BCUT2D eigenvalue weighted by Gasteiger charge is 2.30. The first-order chi connectivity index (χ1) is 9.97. The lowest BCUT2D eigenvalue weighted by Gasteiger charge is -2.20. The molecule has 4 nitrogen and oxygen atoms in total. The van der Waals surface area contributed by atoms with E-state index in [0.29, 0.717) is 5.92 Å². The van der Waals surface area contributed by atoms with Gasteiger partial charge in [-0.1, -0.05) is 19.1 Å². The Hall–Kier alpha value is -1.55. The van der Waals surface area contributed by atoms with E-state index in [0.717, 1.165) is 24.4 Å². The van der Waals surface area contributed by atoms with Crippen molar-refractivity contribution in [1.82, 2.24) is 10.6 Å². The van der Waals surface area contributed by atoms with Crippen molar-refractivity contribution >= 4 is 5.91 Å². The lowest BCUT2D eigenvalue weighted by atomic mass is 9.96. The molecule has 0 bridgehead atoms. The Bertz CT molecular complexity index is 487. The summed E-state index contributed by atoms with van der Waals surface area (Å²) in [5, 5.41) is 6.38. The van der Waals surface area contributed by atoms with Crippen LogP contribution in [-0.2, 0) is 4.79 Å². The number of rotatable bonds is 5. The molecule has 1 aromatic carbocycles. The van der Waals surface area contributed by atoms with Gasteiger partial charge in [0.15, 0.2) is 0 Å². The molecule has 2 N–H and O–H groups in total. The van der Waals surface area contributed by atoms with Crippen LogP contribution in [0.1, 0.15) is 39.3 Å². The van der Waals surface area contributed by atoms with Crippen molar-refractivity contribution in [3.63, 3.8) is 0 Å². The number of ether oxygens (including phenoxy) is 1. The average molecular weight is 290 g/mol. The highest BCUT2D eigenvalue weighted by Crippen LogP contribution is 2.22. The van der Waals surface area contributed by atoms with E-state index in [2.05, 4.69) is 17.6 Å². The van der Waals surface area contributed by atoms with Crippen LogP contribution in [-0.4, -0.2) is 25.1 Å². The van der Waals surface area contributed by atoms with E-state index in [1.54, 1.807) is 0 Å². The zero-order valence-corrected chi connectivity index (χ0v) is 13.3. The van der Waals surface area contributed by atoms with Crippen molar-refractivity contribution in [2.45, 2.75) is 39.8 Å². The van der Waals surface area contributed by atoms with E-state index >= 15 is 0 Å². The van der Waals surface area contributed by atoms with Crippen LogP contribution in [0.3, 0.4) is 0 Å². The van der Waals surface area contributed by atoms with Gasteiger partial charge in [-0.25, -0.2) is 0 Å². The van der Waals surface area contributed by atoms with Gasteiger partial charge in [0.25, 0.3) is 0 Å². The van der Waals surface area contributed by atoms with Gasteiger partial charge in [-0.3, -0.25) is 4.79 Å². The maximum atomic E-state index is 12.3. The number of hydrogen-bond donors (Lipinski definition) is 2. The zero-order chi connectivity index (χ0) is 15.4. The summed E-state index contributed by atoms with van der Waals surface area (Å²) in [7, 11) is 0. The van der Waals surface area contributed by atoms with Gasteiger partial charge in [-0.2, -0.15) is 0 Å². The second kappa shape index (κ2) is 6.94. The van der Waals surface area contributed by atoms with Crippen LogP contribution in [0.4, 0.5) is 0 Å². The smallest absolute Gasteiger partial charge is 0.225 e. The molecule has 1 heterocycles. The number of amides is 1. The number of carbonyl (C=O) groups is 1. The van der Waals surface area contributed by atoms with E-state index in [1.165, 1.54) is 0 Å². The highest BCUT2D eigenvalue weighted by atomic mass is 16.5. The third-order valence-electron chi connectivity index (χ3n) is 3.94. The van der Waals surface area contributed by atoms with Gasteiger partial charge in [-0.05, 0) is 50.9 Å². The average Bonchev–Trinajstić information content (AvgIpc) is 2.84. The third kappa shape index (κ3) is 4.21. The standard InChI is InChI=1S/C17H26N2O2/c1-11(2)21-15-7-5-6-14(8-15)13(4)19-17(20)16-10-18-9-12(16)3/h5-8,11-13,16,18H,9-10H2,1-4H3,(H,19,20)/t12-,13?,16-/m1/s1. The van der Waals surface area contributed by atoms with Crippen LogP contribution in [0, 0.1) is 11.8 Å². The van der Waals surface area contributed by atoms with E-state index in [1.807, 2.05) is 45.0 Å². The molecular weight excluding hydrogens is 264 g/mol. The lowest BCUT2D eigenvalue weighted by Crippen LogP contribution is -2.35. The molecule has 0 radical (unpaired) electrons. The summed E-state index contributed by atoms with van der Waals surface area (Å²) < 4.78 is 5.70.